The van der Waals surface area contributed by atoms with E-state index in [9.17, 15) is 14.7 Å². The molecule has 1 amide bonds. The van der Waals surface area contributed by atoms with Gasteiger partial charge >= 0.3 is 5.97 Å². The molecule has 5 rings (SSSR count). The molecule has 2 aliphatic heterocycles. The number of aromatic nitrogens is 1. The number of likely N-dealkylation sites (tertiary alicyclic amines) is 1. The van der Waals surface area contributed by atoms with Crippen LogP contribution in [0.4, 0.5) is 0 Å². The van der Waals surface area contributed by atoms with Crippen molar-refractivity contribution in [3.05, 3.63) is 45.3 Å². The summed E-state index contributed by atoms with van der Waals surface area (Å²) in [5, 5.41) is 22.5. The first kappa shape index (κ1) is 27.6. The number of carboxylic acid groups (broad SMARTS) is 1. The zero-order valence-electron chi connectivity index (χ0n) is 21.4. The van der Waals surface area contributed by atoms with Crippen molar-refractivity contribution < 1.29 is 19.8 Å². The van der Waals surface area contributed by atoms with Gasteiger partial charge in [-0.15, -0.1) is 0 Å². The average Bonchev–Trinajstić information content (AvgIpc) is 3.19. The lowest BCUT2D eigenvalue weighted by atomic mass is 9.97. The first-order valence-corrected chi connectivity index (χ1v) is 14.9. The van der Waals surface area contributed by atoms with Gasteiger partial charge in [-0.05, 0) is 62.3 Å². The highest BCUT2D eigenvalue weighted by Crippen LogP contribution is 2.33. The van der Waals surface area contributed by atoms with Gasteiger partial charge < -0.3 is 24.6 Å². The van der Waals surface area contributed by atoms with E-state index in [2.05, 4.69) is 70.5 Å². The molecule has 0 saturated carbocycles. The number of piperazine rings is 1. The summed E-state index contributed by atoms with van der Waals surface area (Å²) >= 11 is 7.17. The van der Waals surface area contributed by atoms with Crippen LogP contribution in [-0.2, 0) is 16.1 Å². The van der Waals surface area contributed by atoms with E-state index in [1.165, 1.54) is 0 Å². The highest BCUT2D eigenvalue weighted by molar-refractivity contribution is 9.10. The van der Waals surface area contributed by atoms with Crippen LogP contribution in [0.2, 0.25) is 0 Å². The van der Waals surface area contributed by atoms with Crippen molar-refractivity contribution in [2.45, 2.75) is 31.9 Å². The minimum Gasteiger partial charge on any atom is -0.481 e. The van der Waals surface area contributed by atoms with Crippen LogP contribution in [-0.4, -0.2) is 99.8 Å². The topological polar surface area (TPSA) is 89.2 Å². The van der Waals surface area contributed by atoms with Crippen LogP contribution < -0.4 is 0 Å². The fourth-order valence-corrected chi connectivity index (χ4v) is 6.53. The molecule has 2 aliphatic rings. The first-order valence-electron chi connectivity index (χ1n) is 13.3. The molecule has 38 heavy (non-hydrogen) atoms. The molecule has 1 atom stereocenters. The maximum Gasteiger partial charge on any atom is 0.306 e. The summed E-state index contributed by atoms with van der Waals surface area (Å²) in [7, 11) is 0. The molecular weight excluding hydrogens is 616 g/mol. The van der Waals surface area contributed by atoms with Crippen LogP contribution in [0.1, 0.15) is 19.3 Å². The SMILES string of the molecule is O=C(O)C1CCN(CCC(=O)N2CCN(CC(O)Cn3c4ccc(Br)cc4c4cc(Br)ccc43)CC2)CC1. The van der Waals surface area contributed by atoms with Crippen molar-refractivity contribution in [1.82, 2.24) is 19.3 Å². The van der Waals surface area contributed by atoms with E-state index in [1.54, 1.807) is 0 Å². The number of halogens is 2. The highest BCUT2D eigenvalue weighted by atomic mass is 79.9. The number of carbonyl (C=O) groups is 2. The van der Waals surface area contributed by atoms with Crippen molar-refractivity contribution in [1.29, 1.82) is 0 Å². The number of benzene rings is 2. The molecule has 0 spiro atoms. The number of aliphatic carboxylic acids is 1. The monoisotopic (exact) mass is 648 g/mol. The quantitative estimate of drug-likeness (QED) is 0.384. The summed E-state index contributed by atoms with van der Waals surface area (Å²) in [6, 6.07) is 12.5. The maximum absolute atomic E-state index is 12.8. The van der Waals surface area contributed by atoms with Gasteiger partial charge in [0.05, 0.1) is 18.6 Å². The van der Waals surface area contributed by atoms with Gasteiger partial charge in [0.15, 0.2) is 0 Å². The third-order valence-electron chi connectivity index (χ3n) is 7.95. The number of piperidine rings is 1. The second kappa shape index (κ2) is 12.0. The predicted molar refractivity (Wildman–Crippen MR) is 155 cm³/mol. The second-order valence-electron chi connectivity index (χ2n) is 10.5. The van der Waals surface area contributed by atoms with Crippen molar-refractivity contribution in [3.8, 4) is 0 Å². The number of hydrogen-bond donors (Lipinski definition) is 2. The molecule has 2 N–H and O–H groups in total. The number of rotatable bonds is 8. The lowest BCUT2D eigenvalue weighted by molar-refractivity contribution is -0.143. The lowest BCUT2D eigenvalue weighted by Crippen LogP contribution is -2.51. The summed E-state index contributed by atoms with van der Waals surface area (Å²) in [5.74, 6) is -0.793. The normalized spacial score (nSPS) is 18.9. The summed E-state index contributed by atoms with van der Waals surface area (Å²) < 4.78 is 4.26. The Kier molecular flexibility index (Phi) is 8.74. The average molecular weight is 650 g/mol. The lowest BCUT2D eigenvalue weighted by Gasteiger charge is -2.36. The van der Waals surface area contributed by atoms with E-state index in [0.29, 0.717) is 52.0 Å². The van der Waals surface area contributed by atoms with Gasteiger partial charge in [0.1, 0.15) is 0 Å². The maximum atomic E-state index is 12.8. The Morgan fingerprint density at radius 3 is 1.97 bits per heavy atom. The second-order valence-corrected chi connectivity index (χ2v) is 12.3. The Bertz CT molecular complexity index is 1250. The highest BCUT2D eigenvalue weighted by Gasteiger charge is 2.26. The van der Waals surface area contributed by atoms with E-state index < -0.39 is 12.1 Å². The Labute approximate surface area is 239 Å². The van der Waals surface area contributed by atoms with Gasteiger partial charge in [-0.1, -0.05) is 31.9 Å². The Morgan fingerprint density at radius 2 is 1.42 bits per heavy atom. The Hall–Kier alpha value is -1.98. The Morgan fingerprint density at radius 1 is 0.842 bits per heavy atom. The number of amides is 1. The molecule has 2 fully saturated rings. The van der Waals surface area contributed by atoms with Crippen LogP contribution >= 0.6 is 31.9 Å². The van der Waals surface area contributed by atoms with E-state index >= 15 is 0 Å². The summed E-state index contributed by atoms with van der Waals surface area (Å²) in [5.41, 5.74) is 2.20. The van der Waals surface area contributed by atoms with E-state index in [-0.39, 0.29) is 11.8 Å². The number of carboxylic acids is 1. The molecule has 204 valence electrons. The van der Waals surface area contributed by atoms with Gasteiger partial charge in [-0.2, -0.15) is 0 Å². The van der Waals surface area contributed by atoms with Gasteiger partial charge in [-0.3, -0.25) is 14.5 Å². The largest absolute Gasteiger partial charge is 0.481 e. The van der Waals surface area contributed by atoms with Crippen molar-refractivity contribution in [3.63, 3.8) is 0 Å². The van der Waals surface area contributed by atoms with Gasteiger partial charge in [0.25, 0.3) is 0 Å². The van der Waals surface area contributed by atoms with E-state index in [0.717, 1.165) is 56.9 Å². The molecule has 10 heteroatoms. The zero-order valence-corrected chi connectivity index (χ0v) is 24.5. The fraction of sp³-hybridized carbons (Fsp3) is 0.500. The molecule has 2 aromatic carbocycles. The molecule has 3 aromatic rings. The molecule has 8 nitrogen and oxygen atoms in total. The first-order chi connectivity index (χ1) is 18.3. The molecule has 2 saturated heterocycles. The molecule has 0 radical (unpaired) electrons. The minimum atomic E-state index is -0.708. The van der Waals surface area contributed by atoms with E-state index in [4.69, 9.17) is 5.11 Å². The number of aliphatic hydroxyl groups is 1. The standard InChI is InChI=1S/C28H34Br2N4O4/c29-20-1-3-25-23(15-20)24-16-21(30)2-4-26(24)34(25)18-22(35)17-32-11-13-33(14-12-32)27(36)7-10-31-8-5-19(6-9-31)28(37)38/h1-4,15-16,19,22,35H,5-14,17-18H2,(H,37,38). The Balaban J connectivity index is 1.12. The third kappa shape index (κ3) is 6.25. The summed E-state index contributed by atoms with van der Waals surface area (Å²) in [4.78, 5) is 30.3. The van der Waals surface area contributed by atoms with Crippen LogP contribution in [0.25, 0.3) is 21.8 Å². The van der Waals surface area contributed by atoms with Crippen LogP contribution in [0.3, 0.4) is 0 Å². The summed E-state index contributed by atoms with van der Waals surface area (Å²) in [6.45, 7) is 6.09. The van der Waals surface area contributed by atoms with Crippen molar-refractivity contribution in [2.24, 2.45) is 5.92 Å². The summed E-state index contributed by atoms with van der Waals surface area (Å²) in [6.07, 6.45) is 1.26. The molecule has 3 heterocycles. The predicted octanol–water partition coefficient (Wildman–Crippen LogP) is 4.01. The molecule has 0 bridgehead atoms. The minimum absolute atomic E-state index is 0.160. The number of aliphatic hydroxyl groups excluding tert-OH is 1. The van der Waals surface area contributed by atoms with Gasteiger partial charge in [0, 0.05) is 76.4 Å². The molecule has 0 aliphatic carbocycles. The van der Waals surface area contributed by atoms with Crippen LogP contribution in [0, 0.1) is 5.92 Å². The number of hydrogen-bond acceptors (Lipinski definition) is 5. The third-order valence-corrected chi connectivity index (χ3v) is 8.94. The number of nitrogens with zero attached hydrogens (tertiary/aromatic N) is 4. The molecule has 1 unspecified atom stereocenters. The number of β-amino-alcohol motifs (C(OH)–C–C–N with tert-alkyl or cyclic N) is 1. The van der Waals surface area contributed by atoms with Crippen LogP contribution in [0.5, 0.6) is 0 Å². The number of fused-ring (bicyclic) bond motifs is 3. The van der Waals surface area contributed by atoms with Crippen LogP contribution in [0.15, 0.2) is 45.3 Å². The van der Waals surface area contributed by atoms with Gasteiger partial charge in [0.2, 0.25) is 5.91 Å². The number of carbonyl (C=O) groups excluding carboxylic acids is 1. The molecular formula is C28H34Br2N4O4. The zero-order chi connectivity index (χ0) is 26.8. The molecule has 1 aromatic heterocycles. The van der Waals surface area contributed by atoms with Gasteiger partial charge in [-0.25, -0.2) is 0 Å². The smallest absolute Gasteiger partial charge is 0.306 e. The van der Waals surface area contributed by atoms with E-state index in [1.807, 2.05) is 17.0 Å². The fourth-order valence-electron chi connectivity index (χ4n) is 5.81. The van der Waals surface area contributed by atoms with Crippen molar-refractivity contribution in [2.75, 3.05) is 52.4 Å². The van der Waals surface area contributed by atoms with Crippen molar-refractivity contribution >= 4 is 65.5 Å².